The maximum atomic E-state index is 13.9. The average Bonchev–Trinajstić information content (AvgIpc) is 3.14. The summed E-state index contributed by atoms with van der Waals surface area (Å²) in [6, 6.07) is 4.44. The van der Waals surface area contributed by atoms with Crippen LogP contribution in [0.25, 0.3) is 0 Å². The highest BCUT2D eigenvalue weighted by Crippen LogP contribution is 2.21. The molecule has 0 saturated carbocycles. The molecule has 0 amide bonds. The molecule has 0 fully saturated rings. The van der Waals surface area contributed by atoms with E-state index in [-0.39, 0.29) is 29.1 Å². The third-order valence-corrected chi connectivity index (χ3v) is 3.68. The highest BCUT2D eigenvalue weighted by molar-refractivity contribution is 5.95. The number of esters is 1. The Morgan fingerprint density at radius 2 is 1.84 bits per heavy atom. The van der Waals surface area contributed by atoms with E-state index in [0.29, 0.717) is 0 Å². The van der Waals surface area contributed by atoms with Crippen molar-refractivity contribution in [1.29, 1.82) is 5.41 Å². The van der Waals surface area contributed by atoms with Gasteiger partial charge in [0.05, 0.1) is 11.5 Å². The van der Waals surface area contributed by atoms with Gasteiger partial charge in [0.15, 0.2) is 11.6 Å². The number of amidine groups is 1. The first-order valence-corrected chi connectivity index (χ1v) is 8.31. The molecule has 1 aromatic carbocycles. The molecule has 0 aliphatic carbocycles. The number of nitrogens with two attached hydrogens (primary N) is 1. The Kier molecular flexibility index (Phi) is 7.00. The van der Waals surface area contributed by atoms with Gasteiger partial charge in [-0.2, -0.15) is 13.2 Å². The van der Waals surface area contributed by atoms with Crippen LogP contribution in [0.3, 0.4) is 0 Å². The maximum absolute atomic E-state index is 13.9. The van der Waals surface area contributed by atoms with Crippen molar-refractivity contribution in [3.8, 4) is 5.75 Å². The summed E-state index contributed by atoms with van der Waals surface area (Å²) in [5.41, 5.74) is 5.17. The lowest BCUT2D eigenvalue weighted by atomic mass is 10.1. The smallest absolute Gasteiger partial charge is 0.468 e. The van der Waals surface area contributed by atoms with Crippen LogP contribution in [0.2, 0.25) is 0 Å². The second-order valence-corrected chi connectivity index (χ2v) is 6.13. The summed E-state index contributed by atoms with van der Waals surface area (Å²) in [7, 11) is 0. The topological polar surface area (TPSA) is 142 Å². The number of nitrogen functional groups attached to an aromatic ring is 1. The summed E-state index contributed by atoms with van der Waals surface area (Å²) in [6.45, 7) is 1.25. The number of benzene rings is 1. The van der Waals surface area contributed by atoms with Crippen LogP contribution in [0, 0.1) is 17.1 Å². The molecule has 1 unspecified atom stereocenters. The Hall–Kier alpha value is -3.90. The molecule has 3 N–H and O–H groups in total. The molecule has 1 atom stereocenters. The van der Waals surface area contributed by atoms with Crippen molar-refractivity contribution in [2.45, 2.75) is 19.5 Å². The third-order valence-electron chi connectivity index (χ3n) is 3.68. The fourth-order valence-electron chi connectivity index (χ4n) is 2.10. The van der Waals surface area contributed by atoms with Gasteiger partial charge in [-0.15, -0.1) is 0 Å². The average molecular weight is 446 g/mol. The predicted octanol–water partition coefficient (Wildman–Crippen LogP) is 2.66. The van der Waals surface area contributed by atoms with Crippen molar-refractivity contribution in [3.63, 3.8) is 0 Å². The Labute approximate surface area is 171 Å². The molecule has 2 aromatic rings. The zero-order valence-corrected chi connectivity index (χ0v) is 15.6. The predicted molar refractivity (Wildman–Crippen MR) is 92.2 cm³/mol. The van der Waals surface area contributed by atoms with Crippen molar-refractivity contribution >= 4 is 23.7 Å². The van der Waals surface area contributed by atoms with E-state index in [1.807, 2.05) is 0 Å². The number of alkyl halides is 3. The van der Waals surface area contributed by atoms with Crippen LogP contribution < -0.4 is 10.5 Å². The highest BCUT2D eigenvalue weighted by atomic mass is 19.4. The molecule has 0 spiro atoms. The number of hydrogen-bond acceptors (Lipinski definition) is 8. The van der Waals surface area contributed by atoms with Gasteiger partial charge in [-0.05, 0) is 24.3 Å². The number of ether oxygens (including phenoxy) is 1. The largest absolute Gasteiger partial charge is 0.495 e. The second-order valence-electron chi connectivity index (χ2n) is 6.13. The Balaban J connectivity index is 1.95. The Morgan fingerprint density at radius 3 is 2.42 bits per heavy atom. The first-order valence-electron chi connectivity index (χ1n) is 8.31. The van der Waals surface area contributed by atoms with Gasteiger partial charge in [0, 0.05) is 12.0 Å². The minimum absolute atomic E-state index is 0.0472. The molecular formula is C18H14F4N2O7. The van der Waals surface area contributed by atoms with Crippen molar-refractivity contribution in [2.75, 3.05) is 0 Å². The van der Waals surface area contributed by atoms with E-state index in [9.17, 15) is 31.9 Å². The summed E-state index contributed by atoms with van der Waals surface area (Å²) in [6.07, 6.45) is -4.59. The van der Waals surface area contributed by atoms with Crippen molar-refractivity contribution < 1.29 is 50.9 Å². The van der Waals surface area contributed by atoms with E-state index < -0.39 is 41.6 Å². The molecule has 0 aliphatic heterocycles. The molecule has 2 rings (SSSR count). The molecule has 1 heterocycles. The molecular weight excluding hydrogens is 432 g/mol. The summed E-state index contributed by atoms with van der Waals surface area (Å²) in [5, 5.41) is 7.23. The van der Waals surface area contributed by atoms with E-state index in [1.165, 1.54) is 13.0 Å². The SMILES string of the molecule is CC(Cc1cc(C(=O)Oc2ccc(C(=N)N)cc2F)co1)C(=O)OOC(=O)C(F)(F)F. The molecule has 31 heavy (non-hydrogen) atoms. The van der Waals surface area contributed by atoms with Crippen LogP contribution >= 0.6 is 0 Å². The third kappa shape index (κ3) is 6.29. The van der Waals surface area contributed by atoms with E-state index >= 15 is 0 Å². The number of hydrogen-bond donors (Lipinski definition) is 2. The van der Waals surface area contributed by atoms with Gasteiger partial charge in [0.1, 0.15) is 17.9 Å². The molecule has 13 heteroatoms. The number of carbonyl (C=O) groups excluding carboxylic acids is 3. The van der Waals surface area contributed by atoms with Crippen LogP contribution in [-0.2, 0) is 25.8 Å². The maximum Gasteiger partial charge on any atom is 0.495 e. The van der Waals surface area contributed by atoms with E-state index in [4.69, 9.17) is 20.3 Å². The normalized spacial score (nSPS) is 12.0. The molecule has 0 radical (unpaired) electrons. The quantitative estimate of drug-likeness (QED) is 0.131. The monoisotopic (exact) mass is 446 g/mol. The molecule has 0 aliphatic rings. The number of rotatable bonds is 6. The van der Waals surface area contributed by atoms with Gasteiger partial charge in [-0.3, -0.25) is 5.41 Å². The summed E-state index contributed by atoms with van der Waals surface area (Å²) in [4.78, 5) is 41.5. The molecule has 9 nitrogen and oxygen atoms in total. The lowest BCUT2D eigenvalue weighted by Crippen LogP contribution is -2.28. The lowest BCUT2D eigenvalue weighted by Gasteiger charge is -2.09. The number of halogens is 4. The standard InChI is InChI=1S/C18H14F4N2O7/c1-8(15(25)30-31-17(27)18(20,21)22)4-11-5-10(7-28-11)16(26)29-13-3-2-9(14(23)24)6-12(13)19/h2-3,5-8H,4H2,1H3,(H3,23,24). The summed E-state index contributed by atoms with van der Waals surface area (Å²) in [5.74, 6) is -7.78. The van der Waals surface area contributed by atoms with Gasteiger partial charge in [-0.1, -0.05) is 6.92 Å². The lowest BCUT2D eigenvalue weighted by molar-refractivity contribution is -0.287. The van der Waals surface area contributed by atoms with Gasteiger partial charge in [0.25, 0.3) is 0 Å². The molecule has 0 bridgehead atoms. The van der Waals surface area contributed by atoms with Crippen LogP contribution in [0.15, 0.2) is 34.9 Å². The van der Waals surface area contributed by atoms with Crippen molar-refractivity contribution in [2.24, 2.45) is 11.7 Å². The second kappa shape index (κ2) is 9.28. The van der Waals surface area contributed by atoms with Crippen LogP contribution in [-0.4, -0.2) is 29.9 Å². The first kappa shape index (κ1) is 23.4. The van der Waals surface area contributed by atoms with Gasteiger partial charge in [0.2, 0.25) is 0 Å². The van der Waals surface area contributed by atoms with E-state index in [0.717, 1.165) is 24.5 Å². The molecule has 0 saturated heterocycles. The Morgan fingerprint density at radius 1 is 1.16 bits per heavy atom. The molecule has 166 valence electrons. The number of furan rings is 1. The first-order chi connectivity index (χ1) is 14.4. The minimum atomic E-state index is -5.33. The zero-order valence-electron chi connectivity index (χ0n) is 15.6. The fourth-order valence-corrected chi connectivity index (χ4v) is 2.10. The highest BCUT2D eigenvalue weighted by Gasteiger charge is 2.43. The molecule has 1 aromatic heterocycles. The number of carbonyl (C=O) groups is 3. The van der Waals surface area contributed by atoms with E-state index in [1.54, 1.807) is 0 Å². The van der Waals surface area contributed by atoms with Crippen LogP contribution in [0.5, 0.6) is 5.75 Å². The Bertz CT molecular complexity index is 1020. The van der Waals surface area contributed by atoms with Crippen molar-refractivity contribution in [3.05, 3.63) is 53.2 Å². The van der Waals surface area contributed by atoms with E-state index in [2.05, 4.69) is 9.78 Å². The van der Waals surface area contributed by atoms with Crippen LogP contribution in [0.1, 0.15) is 28.6 Å². The van der Waals surface area contributed by atoms with Gasteiger partial charge >= 0.3 is 24.1 Å². The van der Waals surface area contributed by atoms with Crippen LogP contribution in [0.4, 0.5) is 17.6 Å². The fraction of sp³-hybridized carbons (Fsp3) is 0.222. The van der Waals surface area contributed by atoms with Crippen molar-refractivity contribution in [1.82, 2.24) is 0 Å². The zero-order chi connectivity index (χ0) is 23.3. The number of nitrogens with one attached hydrogen (secondary N) is 1. The summed E-state index contributed by atoms with van der Waals surface area (Å²) < 4.78 is 59.9. The minimum Gasteiger partial charge on any atom is -0.468 e. The van der Waals surface area contributed by atoms with Gasteiger partial charge < -0.3 is 14.9 Å². The summed E-state index contributed by atoms with van der Waals surface area (Å²) >= 11 is 0. The van der Waals surface area contributed by atoms with Gasteiger partial charge in [-0.25, -0.2) is 28.5 Å².